The Morgan fingerprint density at radius 3 is 2.47 bits per heavy atom. The molecular weight excluding hydrogens is 400 g/mol. The topological polar surface area (TPSA) is 100 Å². The van der Waals surface area contributed by atoms with Crippen molar-refractivity contribution in [2.75, 3.05) is 12.4 Å². The molecule has 0 atom stereocenters. The number of aromatic nitrogens is 1. The van der Waals surface area contributed by atoms with Crippen LogP contribution >= 0.6 is 0 Å². The van der Waals surface area contributed by atoms with Gasteiger partial charge in [-0.3, -0.25) is 9.59 Å². The molecule has 0 saturated heterocycles. The van der Waals surface area contributed by atoms with Gasteiger partial charge in [-0.1, -0.05) is 61.7 Å². The average Bonchev–Trinajstić information content (AvgIpc) is 3.17. The maximum absolute atomic E-state index is 13.0. The Morgan fingerprint density at radius 2 is 1.81 bits per heavy atom. The summed E-state index contributed by atoms with van der Waals surface area (Å²) >= 11 is 0. The van der Waals surface area contributed by atoms with Gasteiger partial charge in [-0.2, -0.15) is 0 Å². The van der Waals surface area contributed by atoms with Gasteiger partial charge in [0, 0.05) is 29.2 Å². The van der Waals surface area contributed by atoms with E-state index < -0.39 is 5.54 Å². The largest absolute Gasteiger partial charge is 0.355 e. The lowest BCUT2D eigenvalue weighted by Gasteiger charge is -2.31. The average molecular weight is 431 g/mol. The lowest BCUT2D eigenvalue weighted by atomic mass is 9.82. The molecule has 1 fully saturated rings. The van der Waals surface area contributed by atoms with Crippen LogP contribution in [0.1, 0.15) is 54.9 Å². The molecule has 0 bridgehead atoms. The lowest BCUT2D eigenvalue weighted by molar-refractivity contribution is -0.122. The summed E-state index contributed by atoms with van der Waals surface area (Å²) in [7, 11) is 1.61. The van der Waals surface area contributed by atoms with Crippen LogP contribution in [0.5, 0.6) is 0 Å². The Labute approximate surface area is 188 Å². The molecule has 5 N–H and O–H groups in total. The number of fused-ring (bicyclic) bond motifs is 1. The van der Waals surface area contributed by atoms with Gasteiger partial charge in [0.2, 0.25) is 5.91 Å². The predicted molar refractivity (Wildman–Crippen MR) is 130 cm³/mol. The Hall–Kier alpha value is -3.38. The number of nitrogens with two attached hydrogens (primary N) is 1. The summed E-state index contributed by atoms with van der Waals surface area (Å²) in [4.78, 5) is 29.3. The molecule has 1 aliphatic rings. The highest BCUT2D eigenvalue weighted by molar-refractivity contribution is 6.13. The molecule has 0 unspecified atom stereocenters. The monoisotopic (exact) mass is 430 g/mol. The number of aromatic amines is 1. The van der Waals surface area contributed by atoms with Crippen molar-refractivity contribution in [3.63, 3.8) is 0 Å². The van der Waals surface area contributed by atoms with Gasteiger partial charge < -0.3 is 21.4 Å². The lowest BCUT2D eigenvalue weighted by Crippen LogP contribution is -2.52. The molecule has 6 nitrogen and oxygen atoms in total. The second-order valence-electron chi connectivity index (χ2n) is 8.48. The number of carbonyl (C=O) groups excluding carboxylic acids is 2. The first-order valence-electron chi connectivity index (χ1n) is 11.2. The Balaban J connectivity index is 1.85. The van der Waals surface area contributed by atoms with E-state index in [9.17, 15) is 9.59 Å². The van der Waals surface area contributed by atoms with E-state index in [0.717, 1.165) is 47.0 Å². The van der Waals surface area contributed by atoms with Gasteiger partial charge in [0.1, 0.15) is 0 Å². The number of hydrogen-bond acceptors (Lipinski definition) is 3. The van der Waals surface area contributed by atoms with Crippen LogP contribution < -0.4 is 16.4 Å². The number of benzene rings is 2. The van der Waals surface area contributed by atoms with Crippen LogP contribution in [0.4, 0.5) is 5.69 Å². The van der Waals surface area contributed by atoms with Crippen molar-refractivity contribution in [1.82, 2.24) is 10.3 Å². The van der Waals surface area contributed by atoms with Crippen LogP contribution in [0.25, 0.3) is 28.2 Å². The summed E-state index contributed by atoms with van der Waals surface area (Å²) in [5.41, 5.74) is 10.3. The van der Waals surface area contributed by atoms with Crippen LogP contribution in [-0.2, 0) is 4.79 Å². The Morgan fingerprint density at radius 1 is 1.09 bits per heavy atom. The molecule has 1 saturated carbocycles. The molecule has 6 heteroatoms. The third kappa shape index (κ3) is 4.06. The van der Waals surface area contributed by atoms with Gasteiger partial charge in [0.25, 0.3) is 5.91 Å². The zero-order chi connectivity index (χ0) is 22.7. The van der Waals surface area contributed by atoms with Crippen LogP contribution in [0.3, 0.4) is 0 Å². The maximum atomic E-state index is 13.0. The normalized spacial score (nSPS) is 15.7. The number of nitrogens with one attached hydrogen (secondary N) is 3. The number of anilines is 1. The Bertz CT molecular complexity index is 1170. The number of H-pyrrole nitrogens is 1. The second-order valence-corrected chi connectivity index (χ2v) is 8.48. The number of allylic oxidation sites excluding steroid dienone is 1. The maximum Gasteiger partial charge on any atom is 0.251 e. The summed E-state index contributed by atoms with van der Waals surface area (Å²) in [5, 5.41) is 6.53. The molecule has 2 amide bonds. The van der Waals surface area contributed by atoms with E-state index in [-0.39, 0.29) is 11.8 Å². The first-order chi connectivity index (χ1) is 15.5. The molecule has 166 valence electrons. The fourth-order valence-corrected chi connectivity index (χ4v) is 4.57. The van der Waals surface area contributed by atoms with Crippen LogP contribution in [0.15, 0.2) is 48.5 Å². The first kappa shape index (κ1) is 21.8. The van der Waals surface area contributed by atoms with Crippen molar-refractivity contribution in [1.29, 1.82) is 0 Å². The van der Waals surface area contributed by atoms with Crippen LogP contribution in [0.2, 0.25) is 0 Å². The highest BCUT2D eigenvalue weighted by Crippen LogP contribution is 2.36. The van der Waals surface area contributed by atoms with E-state index >= 15 is 0 Å². The minimum Gasteiger partial charge on any atom is -0.355 e. The van der Waals surface area contributed by atoms with E-state index in [1.165, 1.54) is 0 Å². The molecule has 0 aliphatic heterocycles. The molecule has 32 heavy (non-hydrogen) atoms. The number of carbonyl (C=O) groups is 2. The molecule has 1 aromatic heterocycles. The van der Waals surface area contributed by atoms with Gasteiger partial charge in [-0.25, -0.2) is 0 Å². The van der Waals surface area contributed by atoms with Gasteiger partial charge in [-0.05, 0) is 37.5 Å². The third-order valence-electron chi connectivity index (χ3n) is 6.26. The third-order valence-corrected chi connectivity index (χ3v) is 6.26. The molecular formula is C26H30N4O2. The predicted octanol–water partition coefficient (Wildman–Crippen LogP) is 4.83. The van der Waals surface area contributed by atoms with Gasteiger partial charge >= 0.3 is 0 Å². The smallest absolute Gasteiger partial charge is 0.251 e. The van der Waals surface area contributed by atoms with Crippen molar-refractivity contribution in [2.24, 2.45) is 5.73 Å². The quantitative estimate of drug-likeness (QED) is 0.466. The van der Waals surface area contributed by atoms with E-state index in [2.05, 4.69) is 15.6 Å². The van der Waals surface area contributed by atoms with Crippen LogP contribution in [0, 0.1) is 0 Å². The highest BCUT2D eigenvalue weighted by Gasteiger charge is 2.35. The van der Waals surface area contributed by atoms with Gasteiger partial charge in [0.05, 0.1) is 16.8 Å². The van der Waals surface area contributed by atoms with Crippen molar-refractivity contribution in [2.45, 2.75) is 44.6 Å². The molecule has 2 aromatic carbocycles. The van der Waals surface area contributed by atoms with E-state index in [1.807, 2.05) is 55.5 Å². The fraction of sp³-hybridized carbons (Fsp3) is 0.308. The molecule has 1 heterocycles. The van der Waals surface area contributed by atoms with Crippen molar-refractivity contribution >= 4 is 34.5 Å². The number of hydrogen-bond donors (Lipinski definition) is 4. The molecule has 3 aromatic rings. The highest BCUT2D eigenvalue weighted by atomic mass is 16.2. The van der Waals surface area contributed by atoms with Crippen LogP contribution in [-0.4, -0.2) is 29.4 Å². The summed E-state index contributed by atoms with van der Waals surface area (Å²) < 4.78 is 0. The number of rotatable bonds is 5. The zero-order valence-corrected chi connectivity index (χ0v) is 18.6. The van der Waals surface area contributed by atoms with E-state index in [4.69, 9.17) is 5.73 Å². The standard InChI is InChI=1S/C26H30N4O2/c1-3-10-19-22-20(24(31)28-2)15-18(29-25(32)26(27)13-8-5-9-14-26)16-21(22)30-23(19)17-11-6-4-7-12-17/h3-4,6-7,10-12,15-16,30H,5,8-9,13-14,27H2,1-2H3,(H,28,31)(H,29,32)/b10-3+. The first-order valence-corrected chi connectivity index (χ1v) is 11.2. The fourth-order valence-electron chi connectivity index (χ4n) is 4.57. The molecule has 1 aliphatic carbocycles. The summed E-state index contributed by atoms with van der Waals surface area (Å²) in [6, 6.07) is 13.6. The Kier molecular flexibility index (Phi) is 6.15. The minimum absolute atomic E-state index is 0.192. The molecule has 4 rings (SSSR count). The van der Waals surface area contributed by atoms with Crippen molar-refractivity contribution in [3.8, 4) is 11.3 Å². The SMILES string of the molecule is C/C=C/c1c(-c2ccccc2)[nH]c2cc(NC(=O)C3(N)CCCCC3)cc(C(=O)NC)c12. The van der Waals surface area contributed by atoms with Gasteiger partial charge in [-0.15, -0.1) is 0 Å². The van der Waals surface area contributed by atoms with E-state index in [1.54, 1.807) is 13.1 Å². The van der Waals surface area contributed by atoms with Gasteiger partial charge in [0.15, 0.2) is 0 Å². The second kappa shape index (κ2) is 9.01. The minimum atomic E-state index is -0.860. The summed E-state index contributed by atoms with van der Waals surface area (Å²) in [5.74, 6) is -0.404. The van der Waals surface area contributed by atoms with Crippen molar-refractivity contribution in [3.05, 3.63) is 59.7 Å². The summed E-state index contributed by atoms with van der Waals surface area (Å²) in [6.07, 6.45) is 8.33. The zero-order valence-electron chi connectivity index (χ0n) is 18.6. The summed E-state index contributed by atoms with van der Waals surface area (Å²) in [6.45, 7) is 1.95. The molecule has 0 spiro atoms. The molecule has 0 radical (unpaired) electrons. The number of amides is 2. The van der Waals surface area contributed by atoms with Crippen molar-refractivity contribution < 1.29 is 9.59 Å². The van der Waals surface area contributed by atoms with E-state index in [0.29, 0.717) is 24.1 Å².